The van der Waals surface area contributed by atoms with Gasteiger partial charge in [0.15, 0.2) is 0 Å². The summed E-state index contributed by atoms with van der Waals surface area (Å²) in [7, 11) is 0. The van der Waals surface area contributed by atoms with Crippen molar-refractivity contribution in [2.45, 2.75) is 25.9 Å². The molecule has 0 atom stereocenters. The van der Waals surface area contributed by atoms with Crippen molar-refractivity contribution in [3.63, 3.8) is 0 Å². The molecule has 0 saturated carbocycles. The molecule has 0 aliphatic carbocycles. The van der Waals surface area contributed by atoms with Gasteiger partial charge in [-0.15, -0.1) is 0 Å². The first-order valence-electron chi connectivity index (χ1n) is 2.61. The van der Waals surface area contributed by atoms with Gasteiger partial charge in [-0.3, -0.25) is 4.79 Å². The second-order valence-electron chi connectivity index (χ2n) is 2.52. The van der Waals surface area contributed by atoms with Gasteiger partial charge in [-0.2, -0.15) is 0 Å². The highest BCUT2D eigenvalue weighted by Gasteiger charge is 2.16. The Morgan fingerprint density at radius 2 is 2.22 bits per heavy atom. The third-order valence-electron chi connectivity index (χ3n) is 0.718. The third-order valence-corrected chi connectivity index (χ3v) is 0.967. The average molecular weight is 149 g/mol. The zero-order valence-electron chi connectivity index (χ0n) is 5.51. The van der Waals surface area contributed by atoms with Crippen molar-refractivity contribution in [2.75, 3.05) is 0 Å². The molecule has 0 bridgehead atoms. The Labute approximate surface area is 60.0 Å². The van der Waals surface area contributed by atoms with E-state index >= 15 is 0 Å². The maximum absolute atomic E-state index is 10.5. The fourth-order valence-electron chi connectivity index (χ4n) is 0.432. The molecular formula is C5H11NO2S. The van der Waals surface area contributed by atoms with Crippen molar-refractivity contribution in [1.82, 2.24) is 4.72 Å². The lowest BCUT2D eigenvalue weighted by molar-refractivity contribution is -0.122. The molecule has 0 aromatic rings. The number of carbonyl (C=O) groups excluding carboxylic acids is 1. The van der Waals surface area contributed by atoms with E-state index in [0.29, 0.717) is 0 Å². The van der Waals surface area contributed by atoms with Crippen LogP contribution in [-0.2, 0) is 4.79 Å². The minimum Gasteiger partial charge on any atom is -0.390 e. The normalized spacial score (nSPS) is 11.1. The van der Waals surface area contributed by atoms with E-state index in [2.05, 4.69) is 17.5 Å². The molecule has 2 N–H and O–H groups in total. The smallest absolute Gasteiger partial charge is 0.232 e. The van der Waals surface area contributed by atoms with Gasteiger partial charge in [-0.05, 0) is 13.8 Å². The monoisotopic (exact) mass is 149 g/mol. The minimum atomic E-state index is -0.938. The first kappa shape index (κ1) is 8.78. The van der Waals surface area contributed by atoms with E-state index in [1.54, 1.807) is 13.8 Å². The SMILES string of the molecule is CC(C)(O)CC(=O)NS. The van der Waals surface area contributed by atoms with Gasteiger partial charge in [0.05, 0.1) is 12.0 Å². The van der Waals surface area contributed by atoms with Gasteiger partial charge in [-0.25, -0.2) is 0 Å². The lowest BCUT2D eigenvalue weighted by atomic mass is 10.1. The lowest BCUT2D eigenvalue weighted by Crippen LogP contribution is -2.27. The summed E-state index contributed by atoms with van der Waals surface area (Å²) in [5.74, 6) is -0.272. The number of carbonyl (C=O) groups is 1. The number of hydrogen-bond donors (Lipinski definition) is 3. The van der Waals surface area contributed by atoms with Gasteiger partial charge in [0.25, 0.3) is 0 Å². The molecule has 4 heteroatoms. The van der Waals surface area contributed by atoms with Crippen LogP contribution in [-0.4, -0.2) is 16.6 Å². The van der Waals surface area contributed by atoms with Gasteiger partial charge in [-0.1, -0.05) is 12.8 Å². The number of hydrogen-bond acceptors (Lipinski definition) is 3. The van der Waals surface area contributed by atoms with Crippen LogP contribution in [0.15, 0.2) is 0 Å². The molecular weight excluding hydrogens is 138 g/mol. The Hall–Kier alpha value is -0.220. The molecule has 1 amide bonds. The van der Waals surface area contributed by atoms with E-state index in [1.165, 1.54) is 0 Å². The Morgan fingerprint density at radius 1 is 1.78 bits per heavy atom. The number of rotatable bonds is 2. The van der Waals surface area contributed by atoms with E-state index in [1.807, 2.05) is 0 Å². The number of amides is 1. The molecule has 0 fully saturated rings. The van der Waals surface area contributed by atoms with Crippen molar-refractivity contribution in [1.29, 1.82) is 0 Å². The molecule has 0 rings (SSSR count). The van der Waals surface area contributed by atoms with Crippen LogP contribution in [0, 0.1) is 0 Å². The van der Waals surface area contributed by atoms with Crippen LogP contribution in [0.2, 0.25) is 0 Å². The zero-order chi connectivity index (χ0) is 7.49. The summed E-state index contributed by atoms with van der Waals surface area (Å²) < 4.78 is 2.12. The predicted octanol–water partition coefficient (Wildman–Crippen LogP) is 0.108. The first-order valence-corrected chi connectivity index (χ1v) is 3.06. The van der Waals surface area contributed by atoms with Crippen molar-refractivity contribution < 1.29 is 9.90 Å². The molecule has 0 unspecified atom stereocenters. The summed E-state index contributed by atoms with van der Waals surface area (Å²) in [6, 6.07) is 0. The second-order valence-corrected chi connectivity index (χ2v) is 2.75. The maximum atomic E-state index is 10.5. The van der Waals surface area contributed by atoms with Gasteiger partial charge in [0, 0.05) is 0 Å². The highest BCUT2D eigenvalue weighted by Crippen LogP contribution is 2.05. The van der Waals surface area contributed by atoms with E-state index < -0.39 is 5.60 Å². The maximum Gasteiger partial charge on any atom is 0.232 e. The largest absolute Gasteiger partial charge is 0.390 e. The molecule has 3 nitrogen and oxygen atoms in total. The first-order chi connectivity index (χ1) is 3.95. The van der Waals surface area contributed by atoms with Crippen molar-refractivity contribution in [3.05, 3.63) is 0 Å². The Bertz CT molecular complexity index is 108. The number of thiol groups is 1. The van der Waals surface area contributed by atoms with Crippen molar-refractivity contribution >= 4 is 18.7 Å². The molecule has 0 spiro atoms. The fraction of sp³-hybridized carbons (Fsp3) is 0.800. The molecule has 0 aliphatic heterocycles. The highest BCUT2D eigenvalue weighted by molar-refractivity contribution is 7.78. The van der Waals surface area contributed by atoms with Crippen LogP contribution in [0.5, 0.6) is 0 Å². The van der Waals surface area contributed by atoms with E-state index in [4.69, 9.17) is 5.11 Å². The quantitative estimate of drug-likeness (QED) is 0.488. The Morgan fingerprint density at radius 3 is 2.33 bits per heavy atom. The predicted molar refractivity (Wildman–Crippen MR) is 38.0 cm³/mol. The molecule has 54 valence electrons. The molecule has 0 aromatic heterocycles. The van der Waals surface area contributed by atoms with E-state index in [0.717, 1.165) is 0 Å². The standard InChI is InChI=1S/C5H11NO2S/c1-5(2,8)3-4(7)6-9/h8-9H,3H2,1-2H3,(H,6,7). The Kier molecular flexibility index (Phi) is 3.00. The van der Waals surface area contributed by atoms with Gasteiger partial charge in [0.2, 0.25) is 5.91 Å². The van der Waals surface area contributed by atoms with Crippen LogP contribution in [0.1, 0.15) is 20.3 Å². The summed E-state index contributed by atoms with van der Waals surface area (Å²) >= 11 is 3.52. The molecule has 0 heterocycles. The average Bonchev–Trinajstić information content (AvgIpc) is 1.62. The second kappa shape index (κ2) is 3.08. The highest BCUT2D eigenvalue weighted by atomic mass is 32.1. The van der Waals surface area contributed by atoms with Gasteiger partial charge in [0.1, 0.15) is 0 Å². The van der Waals surface area contributed by atoms with Crippen molar-refractivity contribution in [3.8, 4) is 0 Å². The summed E-state index contributed by atoms with van der Waals surface area (Å²) in [5, 5.41) is 9.02. The van der Waals surface area contributed by atoms with Crippen LogP contribution in [0.25, 0.3) is 0 Å². The van der Waals surface area contributed by atoms with Crippen LogP contribution in [0.3, 0.4) is 0 Å². The third kappa shape index (κ3) is 5.65. The molecule has 0 radical (unpaired) electrons. The van der Waals surface area contributed by atoms with Crippen LogP contribution < -0.4 is 4.72 Å². The molecule has 0 aromatic carbocycles. The Balaban J connectivity index is 3.60. The van der Waals surface area contributed by atoms with Gasteiger partial charge < -0.3 is 9.83 Å². The van der Waals surface area contributed by atoms with Crippen LogP contribution >= 0.6 is 12.8 Å². The summed E-state index contributed by atoms with van der Waals surface area (Å²) in [5.41, 5.74) is -0.938. The summed E-state index contributed by atoms with van der Waals surface area (Å²) in [6.45, 7) is 3.13. The summed E-state index contributed by atoms with van der Waals surface area (Å²) in [4.78, 5) is 10.5. The number of nitrogens with one attached hydrogen (secondary N) is 1. The van der Waals surface area contributed by atoms with Gasteiger partial charge >= 0.3 is 0 Å². The number of aliphatic hydroxyl groups is 1. The minimum absolute atomic E-state index is 0.0799. The van der Waals surface area contributed by atoms with E-state index in [-0.39, 0.29) is 12.3 Å². The topological polar surface area (TPSA) is 49.3 Å². The van der Waals surface area contributed by atoms with Crippen LogP contribution in [0.4, 0.5) is 0 Å². The molecule has 0 aliphatic rings. The zero-order valence-corrected chi connectivity index (χ0v) is 6.40. The van der Waals surface area contributed by atoms with E-state index in [9.17, 15) is 4.79 Å². The lowest BCUT2D eigenvalue weighted by Gasteiger charge is -2.14. The fourth-order valence-corrected chi connectivity index (χ4v) is 0.512. The summed E-state index contributed by atoms with van der Waals surface area (Å²) in [6.07, 6.45) is 0.0799. The van der Waals surface area contributed by atoms with Crippen molar-refractivity contribution in [2.24, 2.45) is 0 Å². The molecule has 0 saturated heterocycles. The molecule has 9 heavy (non-hydrogen) atoms.